The zero-order valence-electron chi connectivity index (χ0n) is 10.3. The van der Waals surface area contributed by atoms with Crippen LogP contribution in [0.2, 0.25) is 5.02 Å². The molecule has 98 valence electrons. The average Bonchev–Trinajstić information content (AvgIpc) is 2.80. The molecule has 2 aliphatic heterocycles. The lowest BCUT2D eigenvalue weighted by Crippen LogP contribution is -2.43. The summed E-state index contributed by atoms with van der Waals surface area (Å²) in [6.07, 6.45) is 2.49. The Hall–Kier alpha value is -0.640. The van der Waals surface area contributed by atoms with E-state index < -0.39 is 0 Å². The van der Waals surface area contributed by atoms with E-state index in [1.54, 1.807) is 6.07 Å². The van der Waals surface area contributed by atoms with Gasteiger partial charge in [-0.05, 0) is 49.5 Å². The fourth-order valence-electron chi connectivity index (χ4n) is 3.16. The Morgan fingerprint density at radius 3 is 3.11 bits per heavy atom. The fraction of sp³-hybridized carbons (Fsp3) is 0.571. The van der Waals surface area contributed by atoms with Gasteiger partial charge in [0.25, 0.3) is 0 Å². The van der Waals surface area contributed by atoms with E-state index in [1.807, 2.05) is 0 Å². The molecule has 18 heavy (non-hydrogen) atoms. The van der Waals surface area contributed by atoms with Gasteiger partial charge in [-0.25, -0.2) is 4.39 Å². The zero-order chi connectivity index (χ0) is 12.5. The molecular weight excluding hydrogens is 251 g/mol. The summed E-state index contributed by atoms with van der Waals surface area (Å²) in [5.41, 5.74) is 1.03. The monoisotopic (exact) mass is 268 g/mol. The number of piperidine rings is 1. The van der Waals surface area contributed by atoms with Crippen LogP contribution in [0.4, 0.5) is 4.39 Å². The molecule has 3 rings (SSSR count). The highest BCUT2D eigenvalue weighted by Gasteiger charge is 2.32. The molecule has 2 heterocycles. The zero-order valence-corrected chi connectivity index (χ0v) is 11.1. The first-order valence-electron chi connectivity index (χ1n) is 6.62. The maximum absolute atomic E-state index is 13.0. The minimum absolute atomic E-state index is 0.262. The van der Waals surface area contributed by atoms with Crippen LogP contribution in [0.5, 0.6) is 0 Å². The van der Waals surface area contributed by atoms with Gasteiger partial charge in [0.2, 0.25) is 0 Å². The van der Waals surface area contributed by atoms with E-state index in [2.05, 4.69) is 10.2 Å². The van der Waals surface area contributed by atoms with Crippen molar-refractivity contribution in [1.82, 2.24) is 10.2 Å². The van der Waals surface area contributed by atoms with Gasteiger partial charge in [0, 0.05) is 24.2 Å². The van der Waals surface area contributed by atoms with E-state index >= 15 is 0 Å². The highest BCUT2D eigenvalue weighted by atomic mass is 35.5. The van der Waals surface area contributed by atoms with Gasteiger partial charge < -0.3 is 5.32 Å². The number of hydrogen-bond donors (Lipinski definition) is 1. The lowest BCUT2D eigenvalue weighted by atomic mass is 9.93. The molecule has 1 aromatic carbocycles. The fourth-order valence-corrected chi connectivity index (χ4v) is 3.38. The van der Waals surface area contributed by atoms with Crippen LogP contribution in [0.15, 0.2) is 18.2 Å². The van der Waals surface area contributed by atoms with Crippen LogP contribution in [0.25, 0.3) is 0 Å². The highest BCUT2D eigenvalue weighted by Crippen LogP contribution is 2.27. The van der Waals surface area contributed by atoms with E-state index in [0.717, 1.165) is 37.7 Å². The summed E-state index contributed by atoms with van der Waals surface area (Å²) in [6, 6.07) is 5.41. The molecule has 2 fully saturated rings. The van der Waals surface area contributed by atoms with Gasteiger partial charge in [-0.1, -0.05) is 17.7 Å². The summed E-state index contributed by atoms with van der Waals surface area (Å²) in [5, 5.41) is 4.10. The molecule has 0 aliphatic carbocycles. The van der Waals surface area contributed by atoms with Crippen LogP contribution in [0.3, 0.4) is 0 Å². The topological polar surface area (TPSA) is 15.3 Å². The quantitative estimate of drug-likeness (QED) is 0.887. The molecule has 0 radical (unpaired) electrons. The number of hydrogen-bond acceptors (Lipinski definition) is 2. The van der Waals surface area contributed by atoms with Gasteiger partial charge in [-0.3, -0.25) is 4.90 Å². The van der Waals surface area contributed by atoms with Crippen LogP contribution >= 0.6 is 11.6 Å². The molecule has 4 heteroatoms. The second kappa shape index (κ2) is 5.16. The predicted molar refractivity (Wildman–Crippen MR) is 71.2 cm³/mol. The number of fused-ring (bicyclic) bond motifs is 1. The van der Waals surface area contributed by atoms with Gasteiger partial charge in [0.15, 0.2) is 0 Å². The molecule has 2 aliphatic rings. The summed E-state index contributed by atoms with van der Waals surface area (Å²) in [6.45, 7) is 4.22. The molecule has 2 atom stereocenters. The van der Waals surface area contributed by atoms with Crippen molar-refractivity contribution in [3.05, 3.63) is 34.6 Å². The summed E-state index contributed by atoms with van der Waals surface area (Å²) in [4.78, 5) is 2.44. The molecule has 0 bridgehead atoms. The molecule has 1 aromatic rings. The molecule has 1 N–H and O–H groups in total. The maximum Gasteiger partial charge on any atom is 0.124 e. The Bertz CT molecular complexity index is 438. The number of likely N-dealkylation sites (tertiary alicyclic amines) is 1. The number of rotatable bonds is 2. The number of nitrogens with one attached hydrogen (secondary N) is 1. The molecular formula is C14H18ClFN2. The Morgan fingerprint density at radius 2 is 2.28 bits per heavy atom. The third-order valence-corrected chi connectivity index (χ3v) is 4.50. The van der Waals surface area contributed by atoms with Crippen molar-refractivity contribution in [3.8, 4) is 0 Å². The van der Waals surface area contributed by atoms with Crippen molar-refractivity contribution in [2.75, 3.05) is 19.6 Å². The molecule has 2 nitrogen and oxygen atoms in total. The summed E-state index contributed by atoms with van der Waals surface area (Å²) in [5.74, 6) is 0.514. The number of halogens is 2. The van der Waals surface area contributed by atoms with Gasteiger partial charge in [-0.2, -0.15) is 0 Å². The Labute approximate surface area is 112 Å². The Balaban J connectivity index is 1.66. The maximum atomic E-state index is 13.0. The first kappa shape index (κ1) is 12.4. The molecule has 2 unspecified atom stereocenters. The largest absolute Gasteiger partial charge is 0.314 e. The van der Waals surface area contributed by atoms with E-state index in [-0.39, 0.29) is 5.82 Å². The van der Waals surface area contributed by atoms with Crippen molar-refractivity contribution in [2.45, 2.75) is 25.4 Å². The van der Waals surface area contributed by atoms with Crippen LogP contribution in [-0.4, -0.2) is 30.6 Å². The summed E-state index contributed by atoms with van der Waals surface area (Å²) < 4.78 is 13.0. The molecule has 2 saturated heterocycles. The third-order valence-electron chi connectivity index (χ3n) is 4.15. The number of benzene rings is 1. The average molecular weight is 269 g/mol. The van der Waals surface area contributed by atoms with Crippen molar-refractivity contribution in [2.24, 2.45) is 5.92 Å². The summed E-state index contributed by atoms with van der Waals surface area (Å²) in [7, 11) is 0. The lowest BCUT2D eigenvalue weighted by Gasteiger charge is -2.35. The second-order valence-electron chi connectivity index (χ2n) is 5.37. The third kappa shape index (κ3) is 2.53. The summed E-state index contributed by atoms with van der Waals surface area (Å²) >= 11 is 6.08. The van der Waals surface area contributed by atoms with Crippen LogP contribution in [0.1, 0.15) is 18.4 Å². The van der Waals surface area contributed by atoms with Crippen molar-refractivity contribution < 1.29 is 4.39 Å². The van der Waals surface area contributed by atoms with E-state index in [1.165, 1.54) is 25.0 Å². The molecule has 0 spiro atoms. The molecule has 0 amide bonds. The number of nitrogens with zero attached hydrogens (tertiary/aromatic N) is 1. The van der Waals surface area contributed by atoms with Crippen LogP contribution in [-0.2, 0) is 6.54 Å². The first-order chi connectivity index (χ1) is 8.72. The van der Waals surface area contributed by atoms with Crippen molar-refractivity contribution in [3.63, 3.8) is 0 Å². The minimum atomic E-state index is -0.262. The highest BCUT2D eigenvalue weighted by molar-refractivity contribution is 6.31. The lowest BCUT2D eigenvalue weighted by molar-refractivity contribution is 0.156. The minimum Gasteiger partial charge on any atom is -0.314 e. The standard InChI is InChI=1S/C14H18ClFN2/c15-13-7-12(16)2-1-10(13)8-18-6-4-14-11(9-18)3-5-17-14/h1-2,7,11,14,17H,3-6,8-9H2. The second-order valence-corrected chi connectivity index (χ2v) is 5.78. The van der Waals surface area contributed by atoms with E-state index in [9.17, 15) is 4.39 Å². The SMILES string of the molecule is Fc1ccc(CN2CCC3NCCC3C2)c(Cl)c1. The molecule has 0 aromatic heterocycles. The first-order valence-corrected chi connectivity index (χ1v) is 7.00. The predicted octanol–water partition coefficient (Wildman–Crippen LogP) is 2.66. The van der Waals surface area contributed by atoms with Crippen molar-refractivity contribution >= 4 is 11.6 Å². The normalized spacial score (nSPS) is 28.3. The Kier molecular flexibility index (Phi) is 3.55. The molecule has 0 saturated carbocycles. The Morgan fingerprint density at radius 1 is 1.39 bits per heavy atom. The van der Waals surface area contributed by atoms with E-state index in [4.69, 9.17) is 11.6 Å². The van der Waals surface area contributed by atoms with Gasteiger partial charge in [-0.15, -0.1) is 0 Å². The van der Waals surface area contributed by atoms with Gasteiger partial charge in [0.05, 0.1) is 0 Å². The van der Waals surface area contributed by atoms with Gasteiger partial charge >= 0.3 is 0 Å². The van der Waals surface area contributed by atoms with Crippen LogP contribution in [0, 0.1) is 11.7 Å². The van der Waals surface area contributed by atoms with E-state index in [0.29, 0.717) is 11.1 Å². The van der Waals surface area contributed by atoms with Crippen LogP contribution < -0.4 is 5.32 Å². The smallest absolute Gasteiger partial charge is 0.124 e. The van der Waals surface area contributed by atoms with Gasteiger partial charge in [0.1, 0.15) is 5.82 Å². The van der Waals surface area contributed by atoms with Crippen molar-refractivity contribution in [1.29, 1.82) is 0 Å².